The van der Waals surface area contributed by atoms with Gasteiger partial charge < -0.3 is 10.6 Å². The van der Waals surface area contributed by atoms with Gasteiger partial charge in [-0.15, -0.1) is 0 Å². The molecule has 0 unspecified atom stereocenters. The predicted octanol–water partition coefficient (Wildman–Crippen LogP) is 1.04. The third kappa shape index (κ3) is 2.09. The highest BCUT2D eigenvalue weighted by Crippen LogP contribution is 2.22. The van der Waals surface area contributed by atoms with Gasteiger partial charge in [-0.25, -0.2) is 4.98 Å². The smallest absolute Gasteiger partial charge is 0.142 e. The molecule has 0 radical (unpaired) electrons. The van der Waals surface area contributed by atoms with E-state index in [1.807, 2.05) is 0 Å². The molecule has 0 aromatic carbocycles. The van der Waals surface area contributed by atoms with E-state index in [1.165, 1.54) is 0 Å². The SMILES string of the molecule is CCN1CCc2ncc(N)nc2[C@@H](C)C1. The molecular weight excluding hydrogens is 188 g/mol. The molecule has 2 heterocycles. The van der Waals surface area contributed by atoms with Crippen LogP contribution in [0.1, 0.15) is 31.2 Å². The first-order valence-corrected chi connectivity index (χ1v) is 5.54. The van der Waals surface area contributed by atoms with E-state index < -0.39 is 0 Å². The number of hydrogen-bond donors (Lipinski definition) is 1. The van der Waals surface area contributed by atoms with E-state index in [9.17, 15) is 0 Å². The highest BCUT2D eigenvalue weighted by atomic mass is 15.1. The summed E-state index contributed by atoms with van der Waals surface area (Å²) in [6, 6.07) is 0. The Labute approximate surface area is 90.5 Å². The van der Waals surface area contributed by atoms with Gasteiger partial charge in [0.25, 0.3) is 0 Å². The fourth-order valence-corrected chi connectivity index (χ4v) is 2.15. The average Bonchev–Trinajstić information content (AvgIpc) is 2.39. The van der Waals surface area contributed by atoms with E-state index in [2.05, 4.69) is 28.7 Å². The lowest BCUT2D eigenvalue weighted by Gasteiger charge is -2.19. The molecule has 0 amide bonds. The zero-order valence-corrected chi connectivity index (χ0v) is 9.40. The standard InChI is InChI=1S/C11H18N4/c1-3-15-5-4-9-11(8(2)7-15)14-10(12)6-13-9/h6,8H,3-5,7H2,1-2H3,(H2,12,14)/t8-/m0/s1. The quantitative estimate of drug-likeness (QED) is 0.746. The number of nitrogens with zero attached hydrogens (tertiary/aromatic N) is 3. The lowest BCUT2D eigenvalue weighted by atomic mass is 10.1. The third-order valence-electron chi connectivity index (χ3n) is 3.01. The van der Waals surface area contributed by atoms with E-state index in [4.69, 9.17) is 5.73 Å². The second-order valence-corrected chi connectivity index (χ2v) is 4.17. The summed E-state index contributed by atoms with van der Waals surface area (Å²) in [7, 11) is 0. The highest BCUT2D eigenvalue weighted by Gasteiger charge is 2.21. The van der Waals surface area contributed by atoms with Crippen LogP contribution < -0.4 is 5.73 Å². The molecule has 0 aliphatic carbocycles. The zero-order chi connectivity index (χ0) is 10.8. The Morgan fingerprint density at radius 1 is 1.60 bits per heavy atom. The molecule has 4 nitrogen and oxygen atoms in total. The Balaban J connectivity index is 2.31. The molecule has 4 heteroatoms. The van der Waals surface area contributed by atoms with Crippen LogP contribution >= 0.6 is 0 Å². The number of likely N-dealkylation sites (N-methyl/N-ethyl adjacent to an activating group) is 1. The Kier molecular flexibility index (Phi) is 2.86. The number of nitrogen functional groups attached to an aromatic ring is 1. The highest BCUT2D eigenvalue weighted by molar-refractivity contribution is 5.30. The Hall–Kier alpha value is -1.16. The molecule has 1 aliphatic heterocycles. The van der Waals surface area contributed by atoms with Gasteiger partial charge in [-0.1, -0.05) is 13.8 Å². The topological polar surface area (TPSA) is 55.0 Å². The van der Waals surface area contributed by atoms with Crippen LogP contribution in [-0.4, -0.2) is 34.5 Å². The van der Waals surface area contributed by atoms with Crippen molar-refractivity contribution < 1.29 is 0 Å². The number of aromatic nitrogens is 2. The van der Waals surface area contributed by atoms with Crippen molar-refractivity contribution in [3.8, 4) is 0 Å². The molecule has 1 aromatic heterocycles. The first-order valence-electron chi connectivity index (χ1n) is 5.54. The molecule has 82 valence electrons. The van der Waals surface area contributed by atoms with Gasteiger partial charge in [0, 0.05) is 25.4 Å². The average molecular weight is 206 g/mol. The third-order valence-corrected chi connectivity index (χ3v) is 3.01. The summed E-state index contributed by atoms with van der Waals surface area (Å²) in [6.45, 7) is 7.61. The fraction of sp³-hybridized carbons (Fsp3) is 0.636. The number of fused-ring (bicyclic) bond motifs is 1. The monoisotopic (exact) mass is 206 g/mol. The van der Waals surface area contributed by atoms with Crippen molar-refractivity contribution in [2.24, 2.45) is 0 Å². The van der Waals surface area contributed by atoms with Crippen molar-refractivity contribution in [2.45, 2.75) is 26.2 Å². The molecule has 1 aromatic rings. The molecule has 1 atom stereocenters. The molecule has 2 N–H and O–H groups in total. The predicted molar refractivity (Wildman–Crippen MR) is 60.7 cm³/mol. The van der Waals surface area contributed by atoms with Gasteiger partial charge in [0.2, 0.25) is 0 Å². The number of hydrogen-bond acceptors (Lipinski definition) is 4. The van der Waals surface area contributed by atoms with Gasteiger partial charge in [0.1, 0.15) is 5.82 Å². The van der Waals surface area contributed by atoms with Gasteiger partial charge in [-0.3, -0.25) is 4.98 Å². The van der Waals surface area contributed by atoms with Crippen LogP contribution in [0.15, 0.2) is 6.20 Å². The molecule has 15 heavy (non-hydrogen) atoms. The number of nitrogens with two attached hydrogens (primary N) is 1. The minimum absolute atomic E-state index is 0.429. The van der Waals surface area contributed by atoms with Gasteiger partial charge >= 0.3 is 0 Å². The normalized spacial score (nSPS) is 22.1. The van der Waals surface area contributed by atoms with Crippen LogP contribution in [0.5, 0.6) is 0 Å². The molecule has 0 saturated heterocycles. The molecule has 0 bridgehead atoms. The molecule has 1 aliphatic rings. The fourth-order valence-electron chi connectivity index (χ4n) is 2.15. The Morgan fingerprint density at radius 2 is 2.40 bits per heavy atom. The van der Waals surface area contributed by atoms with Crippen molar-refractivity contribution in [2.75, 3.05) is 25.4 Å². The van der Waals surface area contributed by atoms with Gasteiger partial charge in [-0.05, 0) is 6.54 Å². The van der Waals surface area contributed by atoms with Crippen LogP contribution in [0.2, 0.25) is 0 Å². The summed E-state index contributed by atoms with van der Waals surface area (Å²) >= 11 is 0. The Bertz CT molecular complexity index is 350. The van der Waals surface area contributed by atoms with Crippen LogP contribution in [0, 0.1) is 0 Å². The molecule has 0 spiro atoms. The van der Waals surface area contributed by atoms with Crippen LogP contribution in [-0.2, 0) is 6.42 Å². The minimum atomic E-state index is 0.429. The van der Waals surface area contributed by atoms with Crippen LogP contribution in [0.4, 0.5) is 5.82 Å². The van der Waals surface area contributed by atoms with E-state index in [-0.39, 0.29) is 0 Å². The van der Waals surface area contributed by atoms with Crippen molar-refractivity contribution in [3.63, 3.8) is 0 Å². The second kappa shape index (κ2) is 4.14. The number of rotatable bonds is 1. The van der Waals surface area contributed by atoms with Crippen LogP contribution in [0.3, 0.4) is 0 Å². The van der Waals surface area contributed by atoms with E-state index in [0.717, 1.165) is 37.4 Å². The maximum absolute atomic E-state index is 5.68. The summed E-state index contributed by atoms with van der Waals surface area (Å²) in [5.41, 5.74) is 7.88. The lowest BCUT2D eigenvalue weighted by Crippen LogP contribution is -2.27. The molecular formula is C11H18N4. The molecule has 0 fully saturated rings. The zero-order valence-electron chi connectivity index (χ0n) is 9.40. The summed E-state index contributed by atoms with van der Waals surface area (Å²) in [5.74, 6) is 0.962. The van der Waals surface area contributed by atoms with Gasteiger partial charge in [-0.2, -0.15) is 0 Å². The first kappa shape index (κ1) is 10.4. The second-order valence-electron chi connectivity index (χ2n) is 4.17. The van der Waals surface area contributed by atoms with Crippen molar-refractivity contribution in [1.82, 2.24) is 14.9 Å². The van der Waals surface area contributed by atoms with E-state index in [1.54, 1.807) is 6.20 Å². The maximum atomic E-state index is 5.68. The van der Waals surface area contributed by atoms with Gasteiger partial charge in [0.15, 0.2) is 0 Å². The summed E-state index contributed by atoms with van der Waals surface area (Å²) in [6.07, 6.45) is 2.65. The van der Waals surface area contributed by atoms with E-state index >= 15 is 0 Å². The van der Waals surface area contributed by atoms with Crippen molar-refractivity contribution in [1.29, 1.82) is 0 Å². The van der Waals surface area contributed by atoms with Crippen molar-refractivity contribution >= 4 is 5.82 Å². The van der Waals surface area contributed by atoms with Crippen molar-refractivity contribution in [3.05, 3.63) is 17.6 Å². The summed E-state index contributed by atoms with van der Waals surface area (Å²) in [4.78, 5) is 11.2. The number of anilines is 1. The maximum Gasteiger partial charge on any atom is 0.142 e. The largest absolute Gasteiger partial charge is 0.382 e. The Morgan fingerprint density at radius 3 is 3.13 bits per heavy atom. The minimum Gasteiger partial charge on any atom is -0.382 e. The molecule has 0 saturated carbocycles. The van der Waals surface area contributed by atoms with Crippen LogP contribution in [0.25, 0.3) is 0 Å². The molecule has 2 rings (SSSR count). The summed E-state index contributed by atoms with van der Waals surface area (Å²) in [5, 5.41) is 0. The first-order chi connectivity index (χ1) is 7.20. The van der Waals surface area contributed by atoms with E-state index in [0.29, 0.717) is 11.7 Å². The summed E-state index contributed by atoms with van der Waals surface area (Å²) < 4.78 is 0. The van der Waals surface area contributed by atoms with Gasteiger partial charge in [0.05, 0.1) is 17.6 Å². The lowest BCUT2D eigenvalue weighted by molar-refractivity contribution is 0.285.